The van der Waals surface area contributed by atoms with Gasteiger partial charge in [-0.1, -0.05) is 0 Å². The average molecular weight is 317 g/mol. The number of nitriles is 1. The third-order valence-corrected chi connectivity index (χ3v) is 3.84. The number of halogens is 2. The number of nitrogens with zero attached hydrogens (tertiary/aromatic N) is 1. The van der Waals surface area contributed by atoms with E-state index >= 15 is 0 Å². The summed E-state index contributed by atoms with van der Waals surface area (Å²) < 4.78 is 15.5. The molecule has 2 aromatic rings. The molecule has 4 heteroatoms. The van der Waals surface area contributed by atoms with E-state index < -0.39 is 0 Å². The Kier molecular flexibility index (Phi) is 2.70. The number of thiophene rings is 1. The Morgan fingerprint density at radius 1 is 1.50 bits per heavy atom. The van der Waals surface area contributed by atoms with E-state index in [9.17, 15) is 4.39 Å². The Morgan fingerprint density at radius 2 is 2.29 bits per heavy atom. The summed E-state index contributed by atoms with van der Waals surface area (Å²) in [6, 6.07) is 7.11. The molecule has 0 spiro atoms. The molecule has 0 aliphatic carbocycles. The van der Waals surface area contributed by atoms with Gasteiger partial charge in [-0.25, -0.2) is 4.39 Å². The minimum absolute atomic E-state index is 0.135. The van der Waals surface area contributed by atoms with Gasteiger partial charge in [0.2, 0.25) is 0 Å². The van der Waals surface area contributed by atoms with Crippen LogP contribution in [0.4, 0.5) is 4.39 Å². The van der Waals surface area contributed by atoms with Crippen LogP contribution >= 0.6 is 33.9 Å². The molecule has 0 amide bonds. The number of fused-ring (bicyclic) bond motifs is 1. The van der Waals surface area contributed by atoms with Crippen molar-refractivity contribution in [2.75, 3.05) is 0 Å². The highest BCUT2D eigenvalue weighted by molar-refractivity contribution is 14.1. The summed E-state index contributed by atoms with van der Waals surface area (Å²) >= 11 is 3.81. The van der Waals surface area contributed by atoms with Crippen molar-refractivity contribution in [1.29, 1.82) is 5.26 Å². The topological polar surface area (TPSA) is 23.8 Å². The van der Waals surface area contributed by atoms with E-state index in [2.05, 4.69) is 22.6 Å². The van der Waals surface area contributed by atoms with E-state index in [-0.39, 0.29) is 12.2 Å². The van der Waals surface area contributed by atoms with E-state index in [1.165, 1.54) is 6.07 Å². The highest BCUT2D eigenvalue weighted by atomic mass is 127. The van der Waals surface area contributed by atoms with Crippen LogP contribution in [-0.2, 0) is 6.42 Å². The predicted octanol–water partition coefficient (Wildman–Crippen LogP) is 3.71. The fourth-order valence-corrected chi connectivity index (χ4v) is 3.21. The van der Waals surface area contributed by atoms with Crippen LogP contribution in [0.15, 0.2) is 18.2 Å². The second-order valence-electron chi connectivity index (χ2n) is 2.82. The summed E-state index contributed by atoms with van der Waals surface area (Å²) in [6.45, 7) is 0. The lowest BCUT2D eigenvalue weighted by atomic mass is 10.1. The van der Waals surface area contributed by atoms with Gasteiger partial charge in [-0.2, -0.15) is 5.26 Å². The lowest BCUT2D eigenvalue weighted by molar-refractivity contribution is 0.618. The first-order valence-corrected chi connectivity index (χ1v) is 5.85. The van der Waals surface area contributed by atoms with Gasteiger partial charge in [-0.15, -0.1) is 11.3 Å². The first-order valence-electron chi connectivity index (χ1n) is 3.95. The molecule has 0 radical (unpaired) electrons. The number of benzene rings is 1. The number of hydrogen-bond donors (Lipinski definition) is 0. The van der Waals surface area contributed by atoms with Crippen LogP contribution in [0, 0.1) is 20.0 Å². The number of hydrogen-bond acceptors (Lipinski definition) is 2. The highest BCUT2D eigenvalue weighted by Crippen LogP contribution is 2.30. The maximum Gasteiger partial charge on any atom is 0.128 e. The van der Waals surface area contributed by atoms with E-state index in [1.807, 2.05) is 12.1 Å². The molecule has 2 rings (SSSR count). The van der Waals surface area contributed by atoms with Crippen LogP contribution in [-0.4, -0.2) is 0 Å². The fourth-order valence-electron chi connectivity index (χ4n) is 1.37. The second kappa shape index (κ2) is 3.83. The van der Waals surface area contributed by atoms with Gasteiger partial charge in [0.05, 0.1) is 15.4 Å². The highest BCUT2D eigenvalue weighted by Gasteiger charge is 2.09. The van der Waals surface area contributed by atoms with Crippen molar-refractivity contribution >= 4 is 44.0 Å². The average Bonchev–Trinajstić information content (AvgIpc) is 2.51. The molecule has 1 nitrogen and oxygen atoms in total. The van der Waals surface area contributed by atoms with Crippen molar-refractivity contribution in [2.24, 2.45) is 0 Å². The maximum absolute atomic E-state index is 13.4. The first kappa shape index (κ1) is 9.87. The molecule has 0 aliphatic rings. The zero-order valence-corrected chi connectivity index (χ0v) is 10.0. The third-order valence-electron chi connectivity index (χ3n) is 1.98. The van der Waals surface area contributed by atoms with Crippen LogP contribution in [0.1, 0.15) is 5.56 Å². The summed E-state index contributed by atoms with van der Waals surface area (Å²) in [5.74, 6) is -0.284. The minimum Gasteiger partial charge on any atom is -0.207 e. The van der Waals surface area contributed by atoms with Crippen molar-refractivity contribution in [3.05, 3.63) is 32.5 Å². The fraction of sp³-hybridized carbons (Fsp3) is 0.100. The van der Waals surface area contributed by atoms with Gasteiger partial charge in [-0.05, 0) is 40.8 Å². The van der Waals surface area contributed by atoms with Gasteiger partial charge in [-0.3, -0.25) is 0 Å². The van der Waals surface area contributed by atoms with Crippen LogP contribution in [0.5, 0.6) is 0 Å². The standard InChI is InChI=1S/C10H5FINS/c11-8-1-2-9-7(5-10(12)14-9)6(8)3-4-13/h1-2,5H,3H2. The molecule has 0 bridgehead atoms. The summed E-state index contributed by atoms with van der Waals surface area (Å²) in [5, 5.41) is 9.47. The summed E-state index contributed by atoms with van der Waals surface area (Å²) in [7, 11) is 0. The lowest BCUT2D eigenvalue weighted by Crippen LogP contribution is -1.88. The van der Waals surface area contributed by atoms with Crippen molar-refractivity contribution in [1.82, 2.24) is 0 Å². The van der Waals surface area contributed by atoms with Gasteiger partial charge in [0.1, 0.15) is 5.82 Å². The first-order chi connectivity index (χ1) is 6.72. The SMILES string of the molecule is N#CCc1c(F)ccc2sc(I)cc12. The Balaban J connectivity index is 2.76. The molecular weight excluding hydrogens is 312 g/mol. The summed E-state index contributed by atoms with van der Waals surface area (Å²) in [5.41, 5.74) is 0.518. The maximum atomic E-state index is 13.4. The molecule has 1 aromatic carbocycles. The molecule has 1 heterocycles. The van der Waals surface area contributed by atoms with Crippen molar-refractivity contribution in [3.8, 4) is 6.07 Å². The van der Waals surface area contributed by atoms with Gasteiger partial charge >= 0.3 is 0 Å². The molecule has 0 aliphatic heterocycles. The molecule has 70 valence electrons. The normalized spacial score (nSPS) is 10.4. The van der Waals surface area contributed by atoms with Gasteiger partial charge < -0.3 is 0 Å². The molecule has 1 aromatic heterocycles. The van der Waals surface area contributed by atoms with Crippen molar-refractivity contribution < 1.29 is 4.39 Å². The third kappa shape index (κ3) is 1.62. The predicted molar refractivity (Wildman–Crippen MR) is 63.8 cm³/mol. The molecule has 0 unspecified atom stereocenters. The summed E-state index contributed by atoms with van der Waals surface area (Å²) in [6.07, 6.45) is 0.135. The molecule has 0 saturated heterocycles. The zero-order chi connectivity index (χ0) is 10.1. The van der Waals surface area contributed by atoms with Crippen LogP contribution in [0.3, 0.4) is 0 Å². The van der Waals surface area contributed by atoms with E-state index in [1.54, 1.807) is 17.4 Å². The van der Waals surface area contributed by atoms with Crippen molar-refractivity contribution in [3.63, 3.8) is 0 Å². The molecule has 0 saturated carbocycles. The Hall–Kier alpha value is -0.670. The van der Waals surface area contributed by atoms with Gasteiger partial charge in [0.25, 0.3) is 0 Å². The summed E-state index contributed by atoms with van der Waals surface area (Å²) in [4.78, 5) is 0. The molecule has 0 N–H and O–H groups in total. The number of rotatable bonds is 1. The van der Waals surface area contributed by atoms with Gasteiger partial charge in [0.15, 0.2) is 0 Å². The van der Waals surface area contributed by atoms with Crippen LogP contribution in [0.2, 0.25) is 0 Å². The van der Waals surface area contributed by atoms with E-state index in [0.717, 1.165) is 13.0 Å². The van der Waals surface area contributed by atoms with Crippen molar-refractivity contribution in [2.45, 2.75) is 6.42 Å². The van der Waals surface area contributed by atoms with Crippen LogP contribution < -0.4 is 0 Å². The minimum atomic E-state index is -0.284. The van der Waals surface area contributed by atoms with E-state index in [0.29, 0.717) is 5.56 Å². The molecule has 0 fully saturated rings. The lowest BCUT2D eigenvalue weighted by Gasteiger charge is -1.98. The second-order valence-corrected chi connectivity index (χ2v) is 5.80. The van der Waals surface area contributed by atoms with Crippen LogP contribution in [0.25, 0.3) is 10.1 Å². The molecule has 0 atom stereocenters. The quantitative estimate of drug-likeness (QED) is 0.736. The molecular formula is C10H5FINS. The Labute approximate surface area is 98.3 Å². The molecule has 14 heavy (non-hydrogen) atoms. The van der Waals surface area contributed by atoms with Gasteiger partial charge in [0, 0.05) is 15.6 Å². The largest absolute Gasteiger partial charge is 0.207 e. The Morgan fingerprint density at radius 3 is 3.00 bits per heavy atom. The smallest absolute Gasteiger partial charge is 0.128 e. The monoisotopic (exact) mass is 317 g/mol. The Bertz CT molecular complexity index is 527. The zero-order valence-electron chi connectivity index (χ0n) is 7.05. The van der Waals surface area contributed by atoms with E-state index in [4.69, 9.17) is 5.26 Å².